The third kappa shape index (κ3) is 8.39. The molecule has 2 aliphatic carbocycles. The Morgan fingerprint density at radius 3 is 2.28 bits per heavy atom. The first-order chi connectivity index (χ1) is 21.8. The molecule has 5 heteroatoms. The molecule has 2 aliphatic rings. The van der Waals surface area contributed by atoms with Crippen molar-refractivity contribution in [3.05, 3.63) is 77.3 Å². The number of Topliss-reactive ketones (excluding diaryl/α,β-unsaturated/α-hetero) is 2. The Morgan fingerprint density at radius 1 is 1.00 bits per heavy atom. The second-order valence-electron chi connectivity index (χ2n) is 16.7. The fourth-order valence-corrected chi connectivity index (χ4v) is 7.35. The molecule has 4 rings (SSSR count). The standard InChI is InChI=1S/C42H57NO4/c1-12-35(44)28(4)26(2)13-14-27(3)29-15-17-31(42(10,11)38(46)18-16-29)23-36(45)37-25-34-39(47-37)32(40(5,6)7)24-33(43-34)30-19-21-41(8,9)22-20-30/h12-14,24-25,29-31H,1,4,15-23H2,2-3,5-11H3/b26-13-,27-14+. The molecule has 2 heterocycles. The summed E-state index contributed by atoms with van der Waals surface area (Å²) in [5, 5.41) is 0. The molecule has 5 nitrogen and oxygen atoms in total. The number of rotatable bonds is 9. The SMILES string of the molecule is C=CC(=O)C(=C)/C(C)=C\C=C(/C)C1CCC(=O)C(C)(C)C(CC(=O)c2cc3nc(C4CCC(C)(C)CC4)cc(C(C)(C)C)c3o2)CC1. The summed E-state index contributed by atoms with van der Waals surface area (Å²) in [4.78, 5) is 44.5. The van der Waals surface area contributed by atoms with Crippen LogP contribution in [0.5, 0.6) is 0 Å². The van der Waals surface area contributed by atoms with E-state index in [-0.39, 0.29) is 41.0 Å². The van der Waals surface area contributed by atoms with Gasteiger partial charge in [0, 0.05) is 47.1 Å². The van der Waals surface area contributed by atoms with E-state index in [0.29, 0.717) is 34.7 Å². The van der Waals surface area contributed by atoms with Gasteiger partial charge in [0.2, 0.25) is 0 Å². The number of fused-ring (bicyclic) bond motifs is 1. The predicted octanol–water partition coefficient (Wildman–Crippen LogP) is 11.0. The van der Waals surface area contributed by atoms with Gasteiger partial charge in [-0.2, -0.15) is 0 Å². The minimum absolute atomic E-state index is 0.0666. The van der Waals surface area contributed by atoms with Crippen molar-refractivity contribution in [1.29, 1.82) is 0 Å². The maximum Gasteiger partial charge on any atom is 0.198 e. The van der Waals surface area contributed by atoms with Crippen LogP contribution in [0.4, 0.5) is 0 Å². The van der Waals surface area contributed by atoms with Gasteiger partial charge in [-0.05, 0) is 99.2 Å². The van der Waals surface area contributed by atoms with E-state index >= 15 is 0 Å². The molecule has 2 aromatic rings. The minimum Gasteiger partial charge on any atom is -0.451 e. The molecule has 0 bridgehead atoms. The fraction of sp³-hybridized carbons (Fsp3) is 0.571. The summed E-state index contributed by atoms with van der Waals surface area (Å²) in [6.07, 6.45) is 13.0. The van der Waals surface area contributed by atoms with Crippen LogP contribution in [-0.4, -0.2) is 22.3 Å². The lowest BCUT2D eigenvalue weighted by Gasteiger charge is -2.36. The van der Waals surface area contributed by atoms with E-state index in [2.05, 4.69) is 60.8 Å². The first-order valence-electron chi connectivity index (χ1n) is 17.6. The molecule has 0 saturated heterocycles. The summed E-state index contributed by atoms with van der Waals surface area (Å²) < 4.78 is 6.36. The van der Waals surface area contributed by atoms with Gasteiger partial charge in [0.25, 0.3) is 0 Å². The Balaban J connectivity index is 1.57. The number of hydrogen-bond acceptors (Lipinski definition) is 5. The van der Waals surface area contributed by atoms with Crippen LogP contribution in [-0.2, 0) is 15.0 Å². The van der Waals surface area contributed by atoms with Gasteiger partial charge in [0.1, 0.15) is 11.3 Å². The highest BCUT2D eigenvalue weighted by atomic mass is 16.3. The number of carbonyl (C=O) groups excluding carboxylic acids is 3. The third-order valence-corrected chi connectivity index (χ3v) is 11.3. The third-order valence-electron chi connectivity index (χ3n) is 11.3. The number of ketones is 3. The molecular weight excluding hydrogens is 582 g/mol. The van der Waals surface area contributed by atoms with Gasteiger partial charge in [0.15, 0.2) is 22.9 Å². The molecule has 0 amide bonds. The molecule has 0 N–H and O–H groups in total. The topological polar surface area (TPSA) is 77.2 Å². The highest BCUT2D eigenvalue weighted by molar-refractivity contribution is 6.06. The van der Waals surface area contributed by atoms with Crippen LogP contribution < -0.4 is 0 Å². The highest BCUT2D eigenvalue weighted by Gasteiger charge is 2.40. The smallest absolute Gasteiger partial charge is 0.198 e. The molecule has 2 saturated carbocycles. The lowest BCUT2D eigenvalue weighted by molar-refractivity contribution is -0.131. The van der Waals surface area contributed by atoms with Crippen molar-refractivity contribution in [2.75, 3.05) is 0 Å². The summed E-state index contributed by atoms with van der Waals surface area (Å²) in [5.74, 6) is 0.822. The van der Waals surface area contributed by atoms with Crippen molar-refractivity contribution in [1.82, 2.24) is 4.98 Å². The molecule has 254 valence electrons. The molecular formula is C42H57NO4. The molecule has 2 aromatic heterocycles. The molecule has 47 heavy (non-hydrogen) atoms. The number of allylic oxidation sites excluding steroid dienone is 6. The molecule has 0 aliphatic heterocycles. The second-order valence-corrected chi connectivity index (χ2v) is 16.7. The normalized spacial score (nSPS) is 22.9. The summed E-state index contributed by atoms with van der Waals surface area (Å²) in [7, 11) is 0. The van der Waals surface area contributed by atoms with Crippen molar-refractivity contribution in [3.63, 3.8) is 0 Å². The van der Waals surface area contributed by atoms with Gasteiger partial charge in [-0.15, -0.1) is 0 Å². The number of aromatic nitrogens is 1. The zero-order valence-corrected chi connectivity index (χ0v) is 30.5. The van der Waals surface area contributed by atoms with Crippen molar-refractivity contribution in [2.45, 2.75) is 131 Å². The van der Waals surface area contributed by atoms with Gasteiger partial charge in [-0.1, -0.05) is 79.3 Å². The number of carbonyl (C=O) groups is 3. The lowest BCUT2D eigenvalue weighted by atomic mass is 9.66. The maximum absolute atomic E-state index is 13.9. The lowest BCUT2D eigenvalue weighted by Crippen LogP contribution is -2.36. The number of nitrogens with zero attached hydrogens (tertiary/aromatic N) is 1. The summed E-state index contributed by atoms with van der Waals surface area (Å²) in [5.41, 5.74) is 5.66. The number of hydrogen-bond donors (Lipinski definition) is 0. The van der Waals surface area contributed by atoms with Crippen LogP contribution in [0.1, 0.15) is 148 Å². The monoisotopic (exact) mass is 639 g/mol. The summed E-state index contributed by atoms with van der Waals surface area (Å²) in [6.45, 7) is 26.6. The summed E-state index contributed by atoms with van der Waals surface area (Å²) in [6, 6.07) is 4.07. The zero-order valence-electron chi connectivity index (χ0n) is 30.5. The van der Waals surface area contributed by atoms with Gasteiger partial charge >= 0.3 is 0 Å². The predicted molar refractivity (Wildman–Crippen MR) is 193 cm³/mol. The molecule has 0 aromatic carbocycles. The second kappa shape index (κ2) is 14.0. The average molecular weight is 640 g/mol. The average Bonchev–Trinajstić information content (AvgIpc) is 3.44. The van der Waals surface area contributed by atoms with Gasteiger partial charge < -0.3 is 4.42 Å². The van der Waals surface area contributed by atoms with Crippen LogP contribution in [0.3, 0.4) is 0 Å². The van der Waals surface area contributed by atoms with Crippen molar-refractivity contribution in [2.24, 2.45) is 22.7 Å². The van der Waals surface area contributed by atoms with Gasteiger partial charge in [0.05, 0.1) is 0 Å². The van der Waals surface area contributed by atoms with E-state index in [9.17, 15) is 14.4 Å². The quantitative estimate of drug-likeness (QED) is 0.155. The van der Waals surface area contributed by atoms with Crippen molar-refractivity contribution < 1.29 is 18.8 Å². The molecule has 2 unspecified atom stereocenters. The molecule has 0 spiro atoms. The van der Waals surface area contributed by atoms with Crippen LogP contribution in [0, 0.1) is 22.7 Å². The van der Waals surface area contributed by atoms with Crippen LogP contribution in [0.2, 0.25) is 0 Å². The Hall–Kier alpha value is -3.34. The Labute approximate surface area is 283 Å². The van der Waals surface area contributed by atoms with E-state index in [1.165, 1.54) is 18.9 Å². The molecule has 0 radical (unpaired) electrons. The van der Waals surface area contributed by atoms with Crippen molar-refractivity contribution >= 4 is 28.4 Å². The first-order valence-corrected chi connectivity index (χ1v) is 17.6. The van der Waals surface area contributed by atoms with E-state index in [4.69, 9.17) is 9.40 Å². The summed E-state index contributed by atoms with van der Waals surface area (Å²) >= 11 is 0. The Bertz CT molecular complexity index is 1610. The van der Waals surface area contributed by atoms with E-state index in [0.717, 1.165) is 60.0 Å². The Morgan fingerprint density at radius 2 is 1.66 bits per heavy atom. The van der Waals surface area contributed by atoms with Crippen LogP contribution in [0.25, 0.3) is 11.1 Å². The van der Waals surface area contributed by atoms with E-state index in [1.54, 1.807) is 0 Å². The first kappa shape index (κ1) is 36.5. The van der Waals surface area contributed by atoms with E-state index < -0.39 is 5.41 Å². The van der Waals surface area contributed by atoms with Gasteiger partial charge in [-0.3, -0.25) is 14.4 Å². The number of pyridine rings is 1. The molecule has 2 fully saturated rings. The minimum atomic E-state index is -0.611. The highest BCUT2D eigenvalue weighted by Crippen LogP contribution is 2.45. The zero-order chi connectivity index (χ0) is 34.9. The number of furan rings is 1. The van der Waals surface area contributed by atoms with Crippen LogP contribution in [0.15, 0.2) is 64.7 Å². The molecule has 2 atom stereocenters. The van der Waals surface area contributed by atoms with Crippen molar-refractivity contribution in [3.8, 4) is 0 Å². The largest absolute Gasteiger partial charge is 0.451 e. The maximum atomic E-state index is 13.9. The van der Waals surface area contributed by atoms with E-state index in [1.807, 2.05) is 39.0 Å². The Kier molecular flexibility index (Phi) is 10.9. The van der Waals surface area contributed by atoms with Gasteiger partial charge in [-0.25, -0.2) is 4.98 Å². The fourth-order valence-electron chi connectivity index (χ4n) is 7.35. The van der Waals surface area contributed by atoms with Crippen LogP contribution >= 0.6 is 0 Å².